The molecule has 0 radical (unpaired) electrons. The maximum atomic E-state index is 13.3. The van der Waals surface area contributed by atoms with Gasteiger partial charge in [0.15, 0.2) is 17.3 Å². The Labute approximate surface area is 168 Å². The fraction of sp³-hybridized carbons (Fsp3) is 0.348. The molecule has 2 aliphatic heterocycles. The molecule has 29 heavy (non-hydrogen) atoms. The Hall–Kier alpha value is -2.99. The van der Waals surface area contributed by atoms with Crippen molar-refractivity contribution in [1.82, 2.24) is 5.32 Å². The largest absolute Gasteiger partial charge is 0.490 e. The zero-order chi connectivity index (χ0) is 20.0. The molecule has 0 spiro atoms. The minimum Gasteiger partial charge on any atom is -0.490 e. The summed E-state index contributed by atoms with van der Waals surface area (Å²) in [4.78, 5) is 13.3. The number of methoxy groups -OCH3 is 1. The molecule has 0 aliphatic carbocycles. The first-order chi connectivity index (χ1) is 14.2. The molecule has 0 unspecified atom stereocenters. The Bertz CT molecular complexity index is 1140. The molecule has 150 valence electrons. The van der Waals surface area contributed by atoms with Gasteiger partial charge in [-0.15, -0.1) is 0 Å². The van der Waals surface area contributed by atoms with E-state index >= 15 is 0 Å². The molecule has 6 heteroatoms. The first kappa shape index (κ1) is 18.1. The monoisotopic (exact) mass is 393 g/mol. The van der Waals surface area contributed by atoms with Crippen molar-refractivity contribution in [3.05, 3.63) is 51.7 Å². The van der Waals surface area contributed by atoms with E-state index in [1.165, 1.54) is 7.11 Å². The van der Waals surface area contributed by atoms with Gasteiger partial charge in [-0.2, -0.15) is 0 Å². The van der Waals surface area contributed by atoms with Gasteiger partial charge in [0.05, 0.1) is 12.5 Å². The summed E-state index contributed by atoms with van der Waals surface area (Å²) in [7, 11) is 1.50. The lowest BCUT2D eigenvalue weighted by Gasteiger charge is -2.24. The molecule has 2 aliphatic rings. The van der Waals surface area contributed by atoms with Crippen LogP contribution in [0.1, 0.15) is 29.9 Å². The van der Waals surface area contributed by atoms with E-state index in [1.807, 2.05) is 31.2 Å². The average Bonchev–Trinajstić information content (AvgIpc) is 3.22. The van der Waals surface area contributed by atoms with Gasteiger partial charge in [0.2, 0.25) is 18.0 Å². The quantitative estimate of drug-likeness (QED) is 0.726. The summed E-state index contributed by atoms with van der Waals surface area (Å²) in [5.41, 5.74) is 3.38. The van der Waals surface area contributed by atoms with Gasteiger partial charge in [-0.05, 0) is 74.2 Å². The Morgan fingerprint density at radius 3 is 2.66 bits per heavy atom. The van der Waals surface area contributed by atoms with Crippen LogP contribution in [0, 0.1) is 6.92 Å². The third-order valence-corrected chi connectivity index (χ3v) is 5.74. The number of hydrogen-bond acceptors (Lipinski definition) is 6. The van der Waals surface area contributed by atoms with Gasteiger partial charge in [-0.3, -0.25) is 4.79 Å². The molecule has 1 fully saturated rings. The minimum absolute atomic E-state index is 0.152. The molecule has 0 bridgehead atoms. The van der Waals surface area contributed by atoms with Gasteiger partial charge >= 0.3 is 0 Å². The molecule has 1 saturated heterocycles. The summed E-state index contributed by atoms with van der Waals surface area (Å²) in [6, 6.07) is 9.55. The lowest BCUT2D eigenvalue weighted by atomic mass is 9.88. The highest BCUT2D eigenvalue weighted by Crippen LogP contribution is 2.40. The van der Waals surface area contributed by atoms with E-state index in [2.05, 4.69) is 11.4 Å². The molecule has 6 nitrogen and oxygen atoms in total. The summed E-state index contributed by atoms with van der Waals surface area (Å²) in [6.45, 7) is 4.14. The summed E-state index contributed by atoms with van der Waals surface area (Å²) in [6.07, 6.45) is 2.04. The molecule has 2 aromatic carbocycles. The van der Waals surface area contributed by atoms with Gasteiger partial charge in [0, 0.05) is 5.56 Å². The molecule has 0 atom stereocenters. The lowest BCUT2D eigenvalue weighted by molar-refractivity contribution is 0.174. The smallest absolute Gasteiger partial charge is 0.235 e. The van der Waals surface area contributed by atoms with Crippen LogP contribution in [0.4, 0.5) is 0 Å². The highest BCUT2D eigenvalue weighted by atomic mass is 16.7. The molecular weight excluding hydrogens is 370 g/mol. The molecule has 3 aromatic rings. The summed E-state index contributed by atoms with van der Waals surface area (Å²) < 4.78 is 22.8. The molecule has 3 heterocycles. The number of nitrogens with one attached hydrogen (secondary N) is 1. The fourth-order valence-corrected chi connectivity index (χ4v) is 4.31. The Morgan fingerprint density at radius 2 is 1.86 bits per heavy atom. The van der Waals surface area contributed by atoms with Gasteiger partial charge in [0.25, 0.3) is 0 Å². The van der Waals surface area contributed by atoms with Crippen molar-refractivity contribution in [3.8, 4) is 28.6 Å². The van der Waals surface area contributed by atoms with Gasteiger partial charge in [0.1, 0.15) is 5.58 Å². The van der Waals surface area contributed by atoms with Crippen LogP contribution in [0.15, 0.2) is 39.5 Å². The van der Waals surface area contributed by atoms with Gasteiger partial charge in [-0.1, -0.05) is 6.07 Å². The van der Waals surface area contributed by atoms with Crippen LogP contribution >= 0.6 is 0 Å². The van der Waals surface area contributed by atoms with Crippen LogP contribution in [-0.2, 0) is 0 Å². The van der Waals surface area contributed by atoms with Gasteiger partial charge in [-0.25, -0.2) is 0 Å². The number of benzene rings is 2. The zero-order valence-electron chi connectivity index (χ0n) is 16.5. The zero-order valence-corrected chi connectivity index (χ0v) is 16.5. The first-order valence-electron chi connectivity index (χ1n) is 9.92. The van der Waals surface area contributed by atoms with E-state index in [-0.39, 0.29) is 18.0 Å². The SMILES string of the molecule is COc1c(-c2ccc3c(c2)OCO3)oc2c(C3CCNCC3)cc(C)cc2c1=O. The van der Waals surface area contributed by atoms with Crippen molar-refractivity contribution >= 4 is 11.0 Å². The van der Waals surface area contributed by atoms with Crippen LogP contribution in [0.25, 0.3) is 22.3 Å². The second-order valence-corrected chi connectivity index (χ2v) is 7.62. The molecule has 1 N–H and O–H groups in total. The number of ether oxygens (including phenoxy) is 3. The molecular formula is C23H23NO5. The minimum atomic E-state index is -0.152. The van der Waals surface area contributed by atoms with E-state index in [0.29, 0.717) is 34.1 Å². The molecule has 5 rings (SSSR count). The Morgan fingerprint density at radius 1 is 1.07 bits per heavy atom. The summed E-state index contributed by atoms with van der Waals surface area (Å²) in [5, 5.41) is 3.97. The van der Waals surface area contributed by atoms with E-state index in [9.17, 15) is 4.79 Å². The summed E-state index contributed by atoms with van der Waals surface area (Å²) >= 11 is 0. The van der Waals surface area contributed by atoms with Crippen LogP contribution < -0.4 is 25.0 Å². The Balaban J connectivity index is 1.76. The van der Waals surface area contributed by atoms with Crippen molar-refractivity contribution in [3.63, 3.8) is 0 Å². The standard InChI is InChI=1S/C23H23NO5/c1-13-9-16(14-5-7-24-8-6-14)22-17(10-13)20(25)23(26-2)21(29-22)15-3-4-18-19(11-15)28-12-27-18/h3-4,9-11,14,24H,5-8,12H2,1-2H3. The maximum Gasteiger partial charge on any atom is 0.235 e. The molecule has 1 aromatic heterocycles. The first-order valence-corrected chi connectivity index (χ1v) is 9.92. The maximum absolute atomic E-state index is 13.3. The second kappa shape index (κ2) is 7.12. The van der Waals surface area contributed by atoms with E-state index in [1.54, 1.807) is 0 Å². The number of aryl methyl sites for hydroxylation is 1. The fourth-order valence-electron chi connectivity index (χ4n) is 4.31. The average molecular weight is 393 g/mol. The van der Waals surface area contributed by atoms with Crippen molar-refractivity contribution in [2.45, 2.75) is 25.7 Å². The van der Waals surface area contributed by atoms with E-state index in [4.69, 9.17) is 18.6 Å². The second-order valence-electron chi connectivity index (χ2n) is 7.62. The highest BCUT2D eigenvalue weighted by molar-refractivity contribution is 5.86. The number of piperidine rings is 1. The topological polar surface area (TPSA) is 69.9 Å². The predicted octanol–water partition coefficient (Wildman–Crippen LogP) is 3.97. The Kier molecular flexibility index (Phi) is 4.43. The molecule has 0 saturated carbocycles. The summed E-state index contributed by atoms with van der Waals surface area (Å²) in [5.74, 6) is 2.30. The number of hydrogen-bond donors (Lipinski definition) is 1. The van der Waals surface area contributed by atoms with Crippen LogP contribution in [0.2, 0.25) is 0 Å². The lowest BCUT2D eigenvalue weighted by Crippen LogP contribution is -2.27. The van der Waals surface area contributed by atoms with E-state index < -0.39 is 0 Å². The van der Waals surface area contributed by atoms with Crippen molar-refractivity contribution < 1.29 is 18.6 Å². The number of rotatable bonds is 3. The third-order valence-electron chi connectivity index (χ3n) is 5.74. The molecule has 0 amide bonds. The highest BCUT2D eigenvalue weighted by Gasteiger charge is 2.25. The third kappa shape index (κ3) is 3.04. The van der Waals surface area contributed by atoms with Crippen molar-refractivity contribution in [2.75, 3.05) is 27.0 Å². The predicted molar refractivity (Wildman–Crippen MR) is 110 cm³/mol. The number of fused-ring (bicyclic) bond motifs is 2. The van der Waals surface area contributed by atoms with Crippen molar-refractivity contribution in [1.29, 1.82) is 0 Å². The normalized spacial score (nSPS) is 16.3. The van der Waals surface area contributed by atoms with Crippen LogP contribution in [0.5, 0.6) is 17.2 Å². The van der Waals surface area contributed by atoms with Crippen molar-refractivity contribution in [2.24, 2.45) is 0 Å². The van der Waals surface area contributed by atoms with Crippen LogP contribution in [0.3, 0.4) is 0 Å². The van der Waals surface area contributed by atoms with Gasteiger partial charge < -0.3 is 23.9 Å². The van der Waals surface area contributed by atoms with Crippen LogP contribution in [-0.4, -0.2) is 27.0 Å². The van der Waals surface area contributed by atoms with E-state index in [0.717, 1.165) is 42.6 Å².